The second-order valence-electron chi connectivity index (χ2n) is 9.42. The van der Waals surface area contributed by atoms with Gasteiger partial charge in [-0.2, -0.15) is 0 Å². The van der Waals surface area contributed by atoms with Crippen LogP contribution in [0.3, 0.4) is 0 Å². The molecule has 2 aromatic carbocycles. The van der Waals surface area contributed by atoms with Crippen LogP contribution in [0.1, 0.15) is 56.7 Å². The van der Waals surface area contributed by atoms with Gasteiger partial charge < -0.3 is 9.16 Å². The summed E-state index contributed by atoms with van der Waals surface area (Å²) in [6.45, 7) is 16.4. The first-order valence-corrected chi connectivity index (χ1v) is 13.4. The second kappa shape index (κ2) is 9.75. The van der Waals surface area contributed by atoms with Crippen molar-refractivity contribution in [2.75, 3.05) is 13.2 Å². The van der Waals surface area contributed by atoms with Crippen LogP contribution < -0.4 is 4.74 Å². The minimum absolute atomic E-state index is 0.100. The van der Waals surface area contributed by atoms with Crippen LogP contribution in [-0.2, 0) is 4.43 Å². The number of ether oxygens (including phenoxy) is 1. The zero-order valence-corrected chi connectivity index (χ0v) is 20.3. The Morgan fingerprint density at radius 3 is 2.27 bits per heavy atom. The number of nitro groups is 1. The molecule has 0 saturated carbocycles. The van der Waals surface area contributed by atoms with Crippen molar-refractivity contribution in [1.29, 1.82) is 0 Å². The molecule has 1 atom stereocenters. The third kappa shape index (κ3) is 6.16. The molecule has 0 aliphatic carbocycles. The van der Waals surface area contributed by atoms with Crippen LogP contribution in [-0.4, -0.2) is 26.5 Å². The Balaban J connectivity index is 2.05. The fraction of sp³-hybridized carbons (Fsp3) is 0.500. The highest BCUT2D eigenvalue weighted by Crippen LogP contribution is 2.37. The highest BCUT2D eigenvalue weighted by Gasteiger charge is 2.36. The van der Waals surface area contributed by atoms with E-state index in [-0.39, 0.29) is 21.6 Å². The molecule has 6 heteroatoms. The largest absolute Gasteiger partial charge is 0.493 e. The van der Waals surface area contributed by atoms with Gasteiger partial charge in [0.1, 0.15) is 5.75 Å². The molecule has 0 aliphatic rings. The number of hydrogen-bond acceptors (Lipinski definition) is 4. The summed E-state index contributed by atoms with van der Waals surface area (Å²) >= 11 is 0. The molecule has 0 bridgehead atoms. The number of nitrogens with zero attached hydrogens (tertiary/aromatic N) is 1. The maximum absolute atomic E-state index is 11.5. The molecule has 30 heavy (non-hydrogen) atoms. The first-order valence-electron chi connectivity index (χ1n) is 10.5. The SMILES string of the molecule is Cc1ccc(C(C)c2cc(OCCCO[Si](C)(C)C(C)(C)C)ccc2[N+](=O)[O-])cc1. The maximum atomic E-state index is 11.5. The van der Waals surface area contributed by atoms with Gasteiger partial charge in [0.15, 0.2) is 8.32 Å². The van der Waals surface area contributed by atoms with Gasteiger partial charge in [-0.3, -0.25) is 10.1 Å². The molecule has 2 rings (SSSR count). The van der Waals surface area contributed by atoms with Gasteiger partial charge in [-0.15, -0.1) is 0 Å². The van der Waals surface area contributed by atoms with E-state index in [1.807, 2.05) is 38.1 Å². The van der Waals surface area contributed by atoms with Crippen molar-refractivity contribution in [3.05, 3.63) is 69.3 Å². The molecule has 0 radical (unpaired) electrons. The zero-order chi connectivity index (χ0) is 22.5. The fourth-order valence-electron chi connectivity index (χ4n) is 2.96. The normalized spacial score (nSPS) is 13.2. The Morgan fingerprint density at radius 1 is 1.07 bits per heavy atom. The molecule has 0 amide bonds. The molecule has 5 nitrogen and oxygen atoms in total. The molecule has 164 valence electrons. The van der Waals surface area contributed by atoms with E-state index in [9.17, 15) is 10.1 Å². The molecule has 0 aromatic heterocycles. The average molecular weight is 430 g/mol. The van der Waals surface area contributed by atoms with Gasteiger partial charge in [-0.25, -0.2) is 0 Å². The lowest BCUT2D eigenvalue weighted by Crippen LogP contribution is -2.41. The minimum Gasteiger partial charge on any atom is -0.493 e. The fourth-order valence-corrected chi connectivity index (χ4v) is 4.05. The Bertz CT molecular complexity index is 856. The summed E-state index contributed by atoms with van der Waals surface area (Å²) in [4.78, 5) is 11.2. The van der Waals surface area contributed by atoms with Crippen LogP contribution in [0.2, 0.25) is 18.1 Å². The van der Waals surface area contributed by atoms with Crippen LogP contribution in [0.15, 0.2) is 42.5 Å². The number of aryl methyl sites for hydroxylation is 1. The van der Waals surface area contributed by atoms with Crippen LogP contribution in [0.25, 0.3) is 0 Å². The van der Waals surface area contributed by atoms with Crippen molar-refractivity contribution < 1.29 is 14.1 Å². The summed E-state index contributed by atoms with van der Waals surface area (Å²) in [5, 5.41) is 11.7. The minimum atomic E-state index is -1.75. The van der Waals surface area contributed by atoms with E-state index in [0.29, 0.717) is 24.5 Å². The van der Waals surface area contributed by atoms with Gasteiger partial charge >= 0.3 is 0 Å². The quantitative estimate of drug-likeness (QED) is 0.189. The van der Waals surface area contributed by atoms with Crippen molar-refractivity contribution in [3.8, 4) is 5.75 Å². The topological polar surface area (TPSA) is 61.6 Å². The molecule has 0 fully saturated rings. The average Bonchev–Trinajstić information content (AvgIpc) is 2.66. The van der Waals surface area contributed by atoms with Crippen molar-refractivity contribution in [3.63, 3.8) is 0 Å². The summed E-state index contributed by atoms with van der Waals surface area (Å²) in [6.07, 6.45) is 0.784. The molecular formula is C24H35NO4Si. The van der Waals surface area contributed by atoms with Gasteiger partial charge in [-0.1, -0.05) is 57.5 Å². The maximum Gasteiger partial charge on any atom is 0.273 e. The third-order valence-corrected chi connectivity index (χ3v) is 10.6. The molecule has 0 N–H and O–H groups in total. The second-order valence-corrected chi connectivity index (χ2v) is 14.2. The first kappa shape index (κ1) is 24.1. The van der Waals surface area contributed by atoms with E-state index in [4.69, 9.17) is 9.16 Å². The molecule has 0 saturated heterocycles. The standard InChI is InChI=1S/C24H35NO4Si/c1-18-9-11-20(12-10-18)19(2)22-17-21(13-14-23(22)25(26)27)28-15-8-16-29-30(6,7)24(3,4)5/h9-14,17,19H,8,15-16H2,1-7H3. The Morgan fingerprint density at radius 2 is 1.70 bits per heavy atom. The summed E-state index contributed by atoms with van der Waals surface area (Å²) in [5.74, 6) is 0.554. The van der Waals surface area contributed by atoms with Gasteiger partial charge in [-0.05, 0) is 42.8 Å². The molecule has 0 heterocycles. The Labute approximate surface area is 181 Å². The van der Waals surface area contributed by atoms with E-state index >= 15 is 0 Å². The lowest BCUT2D eigenvalue weighted by molar-refractivity contribution is -0.385. The van der Waals surface area contributed by atoms with E-state index in [2.05, 4.69) is 33.9 Å². The van der Waals surface area contributed by atoms with Crippen molar-refractivity contribution >= 4 is 14.0 Å². The van der Waals surface area contributed by atoms with Crippen molar-refractivity contribution in [1.82, 2.24) is 0 Å². The highest BCUT2D eigenvalue weighted by molar-refractivity contribution is 6.74. The first-order chi connectivity index (χ1) is 13.9. The monoisotopic (exact) mass is 429 g/mol. The summed E-state index contributed by atoms with van der Waals surface area (Å²) in [7, 11) is -1.75. The van der Waals surface area contributed by atoms with E-state index < -0.39 is 8.32 Å². The third-order valence-electron chi connectivity index (χ3n) is 6.07. The highest BCUT2D eigenvalue weighted by atomic mass is 28.4. The Kier molecular flexibility index (Phi) is 7.83. The van der Waals surface area contributed by atoms with E-state index in [1.54, 1.807) is 18.2 Å². The lowest BCUT2D eigenvalue weighted by atomic mass is 9.91. The molecule has 1 unspecified atom stereocenters. The number of benzene rings is 2. The van der Waals surface area contributed by atoms with Crippen LogP contribution >= 0.6 is 0 Å². The summed E-state index contributed by atoms with van der Waals surface area (Å²) in [5.41, 5.74) is 3.00. The van der Waals surface area contributed by atoms with Gasteiger partial charge in [0.25, 0.3) is 5.69 Å². The zero-order valence-electron chi connectivity index (χ0n) is 19.3. The lowest BCUT2D eigenvalue weighted by Gasteiger charge is -2.36. The van der Waals surface area contributed by atoms with Crippen molar-refractivity contribution in [2.45, 2.75) is 65.1 Å². The predicted octanol–water partition coefficient (Wildman–Crippen LogP) is 6.85. The number of nitro benzene ring substituents is 1. The van der Waals surface area contributed by atoms with Crippen LogP contribution in [0, 0.1) is 17.0 Å². The van der Waals surface area contributed by atoms with Gasteiger partial charge in [0.2, 0.25) is 0 Å². The van der Waals surface area contributed by atoms with Gasteiger partial charge in [0.05, 0.1) is 11.5 Å². The van der Waals surface area contributed by atoms with E-state index in [1.165, 1.54) is 0 Å². The number of rotatable bonds is 9. The smallest absolute Gasteiger partial charge is 0.273 e. The van der Waals surface area contributed by atoms with E-state index in [0.717, 1.165) is 17.5 Å². The predicted molar refractivity (Wildman–Crippen MR) is 125 cm³/mol. The summed E-state index contributed by atoms with van der Waals surface area (Å²) < 4.78 is 12.1. The van der Waals surface area contributed by atoms with Crippen molar-refractivity contribution in [2.24, 2.45) is 0 Å². The van der Waals surface area contributed by atoms with Crippen LogP contribution in [0.5, 0.6) is 5.75 Å². The molecule has 0 aliphatic heterocycles. The summed E-state index contributed by atoms with van der Waals surface area (Å²) in [6, 6.07) is 13.1. The number of hydrogen-bond donors (Lipinski definition) is 0. The Hall–Kier alpha value is -2.18. The molecular weight excluding hydrogens is 394 g/mol. The molecule has 2 aromatic rings. The van der Waals surface area contributed by atoms with Crippen LogP contribution in [0.4, 0.5) is 5.69 Å². The molecule has 0 spiro atoms. The van der Waals surface area contributed by atoms with Gasteiger partial charge in [0, 0.05) is 30.6 Å².